The summed E-state index contributed by atoms with van der Waals surface area (Å²) in [4.78, 5) is 1.46. The Morgan fingerprint density at radius 2 is 1.76 bits per heavy atom. The zero-order valence-electron chi connectivity index (χ0n) is 11.8. The highest BCUT2D eigenvalue weighted by Gasteiger charge is 2.23. The molecular weight excluding hydrogens is 295 g/mol. The fourth-order valence-corrected chi connectivity index (χ4v) is 3.15. The highest BCUT2D eigenvalue weighted by molar-refractivity contribution is 7.89. The number of sulfonamides is 1. The smallest absolute Gasteiger partial charge is 0.207 e. The van der Waals surface area contributed by atoms with E-state index in [9.17, 15) is 12.8 Å². The molecular formula is C13H17FN4O2S. The van der Waals surface area contributed by atoms with Crippen LogP contribution in [0.5, 0.6) is 0 Å². The van der Waals surface area contributed by atoms with Crippen LogP contribution in [0.15, 0.2) is 41.6 Å². The summed E-state index contributed by atoms with van der Waals surface area (Å²) in [5, 5.41) is 7.95. The van der Waals surface area contributed by atoms with Crippen LogP contribution in [0.2, 0.25) is 0 Å². The Kier molecular flexibility index (Phi) is 4.69. The Bertz CT molecular complexity index is 669. The largest absolute Gasteiger partial charge is 0.240 e. The van der Waals surface area contributed by atoms with E-state index in [1.54, 1.807) is 0 Å². The van der Waals surface area contributed by atoms with Crippen LogP contribution in [0, 0.1) is 11.7 Å². The van der Waals surface area contributed by atoms with Gasteiger partial charge in [0.05, 0.1) is 23.8 Å². The molecule has 0 aliphatic rings. The first-order valence-corrected chi connectivity index (χ1v) is 7.99. The lowest BCUT2D eigenvalue weighted by Gasteiger charge is -2.21. The third-order valence-corrected chi connectivity index (χ3v) is 4.57. The van der Waals surface area contributed by atoms with E-state index in [1.165, 1.54) is 29.3 Å². The van der Waals surface area contributed by atoms with E-state index in [4.69, 9.17) is 0 Å². The highest BCUT2D eigenvalue weighted by Crippen LogP contribution is 2.13. The predicted molar refractivity (Wildman–Crippen MR) is 75.4 cm³/mol. The highest BCUT2D eigenvalue weighted by atomic mass is 32.2. The Morgan fingerprint density at radius 1 is 1.19 bits per heavy atom. The topological polar surface area (TPSA) is 76.9 Å². The summed E-state index contributed by atoms with van der Waals surface area (Å²) >= 11 is 0. The zero-order chi connectivity index (χ0) is 15.5. The van der Waals surface area contributed by atoms with Crippen LogP contribution in [-0.2, 0) is 16.6 Å². The number of aromatic nitrogens is 3. The maximum absolute atomic E-state index is 12.9. The number of benzene rings is 1. The van der Waals surface area contributed by atoms with E-state index in [-0.39, 0.29) is 16.9 Å². The van der Waals surface area contributed by atoms with E-state index in [2.05, 4.69) is 14.9 Å². The summed E-state index contributed by atoms with van der Waals surface area (Å²) in [6.45, 7) is 4.13. The molecule has 21 heavy (non-hydrogen) atoms. The minimum Gasteiger partial charge on any atom is -0.207 e. The Balaban J connectivity index is 2.17. The molecule has 0 bridgehead atoms. The minimum atomic E-state index is -3.71. The van der Waals surface area contributed by atoms with Gasteiger partial charge in [0, 0.05) is 6.04 Å². The van der Waals surface area contributed by atoms with Crippen molar-refractivity contribution in [3.8, 4) is 0 Å². The third-order valence-electron chi connectivity index (χ3n) is 3.06. The van der Waals surface area contributed by atoms with Gasteiger partial charge in [-0.15, -0.1) is 0 Å². The van der Waals surface area contributed by atoms with Gasteiger partial charge in [-0.1, -0.05) is 13.8 Å². The van der Waals surface area contributed by atoms with Gasteiger partial charge in [-0.25, -0.2) is 17.5 Å². The van der Waals surface area contributed by atoms with Crippen molar-refractivity contribution in [2.75, 3.05) is 0 Å². The number of nitrogens with zero attached hydrogens (tertiary/aromatic N) is 3. The molecule has 1 aromatic heterocycles. The summed E-state index contributed by atoms with van der Waals surface area (Å²) < 4.78 is 40.1. The van der Waals surface area contributed by atoms with Crippen molar-refractivity contribution in [1.29, 1.82) is 0 Å². The van der Waals surface area contributed by atoms with Crippen molar-refractivity contribution >= 4 is 10.0 Å². The second kappa shape index (κ2) is 6.31. The fourth-order valence-electron chi connectivity index (χ4n) is 1.78. The number of hydrogen-bond acceptors (Lipinski definition) is 4. The van der Waals surface area contributed by atoms with E-state index < -0.39 is 15.8 Å². The second-order valence-electron chi connectivity index (χ2n) is 5.01. The zero-order valence-corrected chi connectivity index (χ0v) is 12.6. The molecule has 1 aromatic carbocycles. The Morgan fingerprint density at radius 3 is 2.29 bits per heavy atom. The average Bonchev–Trinajstić information content (AvgIpc) is 2.91. The van der Waals surface area contributed by atoms with Gasteiger partial charge >= 0.3 is 0 Å². The summed E-state index contributed by atoms with van der Waals surface area (Å²) in [6, 6.07) is 4.34. The molecule has 1 heterocycles. The van der Waals surface area contributed by atoms with Crippen molar-refractivity contribution in [3.63, 3.8) is 0 Å². The van der Waals surface area contributed by atoms with Crippen molar-refractivity contribution in [3.05, 3.63) is 42.5 Å². The van der Waals surface area contributed by atoms with Crippen molar-refractivity contribution in [2.24, 2.45) is 5.92 Å². The molecule has 0 saturated carbocycles. The molecule has 0 fully saturated rings. The monoisotopic (exact) mass is 312 g/mol. The SMILES string of the molecule is CC(C)C(Cn1nccn1)NS(=O)(=O)c1ccc(F)cc1. The van der Waals surface area contributed by atoms with Crippen LogP contribution in [0.3, 0.4) is 0 Å². The first kappa shape index (κ1) is 15.6. The maximum Gasteiger partial charge on any atom is 0.240 e. The molecule has 1 atom stereocenters. The van der Waals surface area contributed by atoms with E-state index in [0.29, 0.717) is 6.54 Å². The normalized spacial score (nSPS) is 13.5. The summed E-state index contributed by atoms with van der Waals surface area (Å²) in [7, 11) is -3.71. The lowest BCUT2D eigenvalue weighted by molar-refractivity contribution is 0.361. The molecule has 0 aliphatic heterocycles. The molecule has 0 radical (unpaired) electrons. The van der Waals surface area contributed by atoms with Crippen LogP contribution >= 0.6 is 0 Å². The predicted octanol–water partition coefficient (Wildman–Crippen LogP) is 1.42. The quantitative estimate of drug-likeness (QED) is 0.875. The number of hydrogen-bond donors (Lipinski definition) is 1. The van der Waals surface area contributed by atoms with Gasteiger partial charge in [-0.2, -0.15) is 15.0 Å². The number of halogens is 1. The number of rotatable bonds is 6. The molecule has 2 rings (SSSR count). The van der Waals surface area contributed by atoms with Crippen LogP contribution in [0.25, 0.3) is 0 Å². The Labute approximate surface area is 123 Å². The van der Waals surface area contributed by atoms with Gasteiger partial charge in [0.2, 0.25) is 10.0 Å². The molecule has 114 valence electrons. The first-order valence-electron chi connectivity index (χ1n) is 6.50. The summed E-state index contributed by atoms with van der Waals surface area (Å²) in [6.07, 6.45) is 3.07. The fraction of sp³-hybridized carbons (Fsp3) is 0.385. The average molecular weight is 312 g/mol. The van der Waals surface area contributed by atoms with Gasteiger partial charge in [-0.3, -0.25) is 0 Å². The van der Waals surface area contributed by atoms with E-state index >= 15 is 0 Å². The van der Waals surface area contributed by atoms with Crippen LogP contribution in [0.1, 0.15) is 13.8 Å². The minimum absolute atomic E-state index is 0.0305. The van der Waals surface area contributed by atoms with Crippen LogP contribution < -0.4 is 4.72 Å². The lowest BCUT2D eigenvalue weighted by atomic mass is 10.1. The Hall–Kier alpha value is -1.80. The molecule has 0 amide bonds. The molecule has 6 nitrogen and oxygen atoms in total. The molecule has 1 unspecified atom stereocenters. The number of nitrogens with one attached hydrogen (secondary N) is 1. The van der Waals surface area contributed by atoms with Gasteiger partial charge in [0.1, 0.15) is 5.82 Å². The molecule has 8 heteroatoms. The third kappa shape index (κ3) is 4.08. The standard InChI is InChI=1S/C13H17FN4O2S/c1-10(2)13(9-18-15-7-8-16-18)17-21(19,20)12-5-3-11(14)4-6-12/h3-8,10,13,17H,9H2,1-2H3. The summed E-state index contributed by atoms with van der Waals surface area (Å²) in [5.74, 6) is -0.429. The van der Waals surface area contributed by atoms with Gasteiger partial charge < -0.3 is 0 Å². The second-order valence-corrected chi connectivity index (χ2v) is 6.72. The molecule has 1 N–H and O–H groups in total. The van der Waals surface area contributed by atoms with Crippen molar-refractivity contribution in [1.82, 2.24) is 19.7 Å². The van der Waals surface area contributed by atoms with Crippen molar-refractivity contribution < 1.29 is 12.8 Å². The molecule has 0 saturated heterocycles. The molecule has 2 aromatic rings. The van der Waals surface area contributed by atoms with E-state index in [1.807, 2.05) is 13.8 Å². The van der Waals surface area contributed by atoms with Gasteiger partial charge in [-0.05, 0) is 30.2 Å². The summed E-state index contributed by atoms with van der Waals surface area (Å²) in [5.41, 5.74) is 0. The van der Waals surface area contributed by atoms with Crippen LogP contribution in [-0.4, -0.2) is 29.5 Å². The van der Waals surface area contributed by atoms with Crippen molar-refractivity contribution in [2.45, 2.75) is 31.3 Å². The molecule has 0 spiro atoms. The van der Waals surface area contributed by atoms with Gasteiger partial charge in [0.15, 0.2) is 0 Å². The van der Waals surface area contributed by atoms with E-state index in [0.717, 1.165) is 12.1 Å². The van der Waals surface area contributed by atoms with Crippen LogP contribution in [0.4, 0.5) is 4.39 Å². The molecule has 0 aliphatic carbocycles. The lowest BCUT2D eigenvalue weighted by Crippen LogP contribution is -2.41. The maximum atomic E-state index is 12.9. The van der Waals surface area contributed by atoms with Gasteiger partial charge in [0.25, 0.3) is 0 Å². The first-order chi connectivity index (χ1) is 9.88.